The van der Waals surface area contributed by atoms with Crippen molar-refractivity contribution in [2.24, 2.45) is 0 Å². The van der Waals surface area contributed by atoms with E-state index in [9.17, 15) is 4.79 Å². The van der Waals surface area contributed by atoms with Crippen LogP contribution in [-0.4, -0.2) is 15.9 Å². The Morgan fingerprint density at radius 2 is 2.08 bits per heavy atom. The fraction of sp³-hybridized carbons (Fsp3) is 0.0556. The highest BCUT2D eigenvalue weighted by Crippen LogP contribution is 2.34. The van der Waals surface area contributed by atoms with Gasteiger partial charge in [-0.05, 0) is 48.9 Å². The van der Waals surface area contributed by atoms with Gasteiger partial charge < -0.3 is 5.32 Å². The maximum Gasteiger partial charge on any atom is 0.249 e. The normalized spacial score (nSPS) is 10.4. The molecule has 3 aromatic rings. The minimum atomic E-state index is -0.292. The molecule has 3 rings (SSSR count). The third-order valence-electron chi connectivity index (χ3n) is 3.43. The molecule has 0 spiro atoms. The SMILES string of the molecule is C=CC(=O)Nc1nc(C)c(-c2ccnc(Nc3ccc(Cl)cc3Cl)c2)s1. The van der Waals surface area contributed by atoms with Crippen LogP contribution in [0.4, 0.5) is 16.6 Å². The van der Waals surface area contributed by atoms with Gasteiger partial charge in [-0.1, -0.05) is 41.1 Å². The van der Waals surface area contributed by atoms with Gasteiger partial charge >= 0.3 is 0 Å². The van der Waals surface area contributed by atoms with Crippen molar-refractivity contribution in [2.75, 3.05) is 10.6 Å². The zero-order valence-electron chi connectivity index (χ0n) is 13.7. The minimum Gasteiger partial charge on any atom is -0.339 e. The molecule has 26 heavy (non-hydrogen) atoms. The number of benzene rings is 1. The summed E-state index contributed by atoms with van der Waals surface area (Å²) in [5.74, 6) is 0.343. The standard InChI is InChI=1S/C18H14Cl2N4OS/c1-3-16(25)24-18-22-10(2)17(26-18)11-6-7-21-15(8-11)23-14-5-4-12(19)9-13(14)20/h3-9H,1H2,2H3,(H,21,23)(H,22,24,25). The van der Waals surface area contributed by atoms with E-state index >= 15 is 0 Å². The third-order valence-corrected chi connectivity index (χ3v) is 5.10. The van der Waals surface area contributed by atoms with Gasteiger partial charge in [0.15, 0.2) is 5.13 Å². The van der Waals surface area contributed by atoms with E-state index in [1.54, 1.807) is 24.4 Å². The van der Waals surface area contributed by atoms with Crippen molar-refractivity contribution in [2.45, 2.75) is 6.92 Å². The molecule has 132 valence electrons. The second-order valence-corrected chi connectivity index (χ2v) is 7.15. The summed E-state index contributed by atoms with van der Waals surface area (Å²) >= 11 is 13.5. The first-order chi connectivity index (χ1) is 12.5. The number of amides is 1. The number of halogens is 2. The summed E-state index contributed by atoms with van der Waals surface area (Å²) in [5, 5.41) is 7.45. The smallest absolute Gasteiger partial charge is 0.249 e. The maximum absolute atomic E-state index is 11.4. The summed E-state index contributed by atoms with van der Waals surface area (Å²) in [6, 6.07) is 8.98. The first kappa shape index (κ1) is 18.4. The van der Waals surface area contributed by atoms with Crippen molar-refractivity contribution in [3.8, 4) is 10.4 Å². The van der Waals surface area contributed by atoms with Crippen LogP contribution in [0, 0.1) is 6.92 Å². The lowest BCUT2D eigenvalue weighted by molar-refractivity contribution is -0.111. The molecule has 2 N–H and O–H groups in total. The molecule has 0 aliphatic heterocycles. The van der Waals surface area contributed by atoms with Gasteiger partial charge in [0.05, 0.1) is 21.3 Å². The summed E-state index contributed by atoms with van der Waals surface area (Å²) < 4.78 is 0. The Bertz CT molecular complexity index is 987. The molecule has 0 aliphatic carbocycles. The molecule has 0 fully saturated rings. The lowest BCUT2D eigenvalue weighted by atomic mass is 10.2. The van der Waals surface area contributed by atoms with Crippen molar-refractivity contribution in [3.63, 3.8) is 0 Å². The summed E-state index contributed by atoms with van der Waals surface area (Å²) in [6.07, 6.45) is 2.91. The number of carbonyl (C=O) groups excluding carboxylic acids is 1. The number of aryl methyl sites for hydroxylation is 1. The van der Waals surface area contributed by atoms with Crippen LogP contribution in [0.5, 0.6) is 0 Å². The van der Waals surface area contributed by atoms with Gasteiger partial charge in [-0.25, -0.2) is 9.97 Å². The van der Waals surface area contributed by atoms with Gasteiger partial charge in [0.2, 0.25) is 5.91 Å². The van der Waals surface area contributed by atoms with E-state index in [4.69, 9.17) is 23.2 Å². The molecule has 0 bridgehead atoms. The Morgan fingerprint density at radius 1 is 1.27 bits per heavy atom. The largest absolute Gasteiger partial charge is 0.339 e. The van der Waals surface area contributed by atoms with E-state index in [1.807, 2.05) is 19.1 Å². The highest BCUT2D eigenvalue weighted by molar-refractivity contribution is 7.19. The van der Waals surface area contributed by atoms with Gasteiger partial charge in [0.25, 0.3) is 0 Å². The highest BCUT2D eigenvalue weighted by Gasteiger charge is 2.12. The van der Waals surface area contributed by atoms with Crippen LogP contribution in [0.25, 0.3) is 10.4 Å². The Kier molecular flexibility index (Phi) is 5.56. The molecule has 2 heterocycles. The summed E-state index contributed by atoms with van der Waals surface area (Å²) in [7, 11) is 0. The van der Waals surface area contributed by atoms with Crippen LogP contribution in [0.2, 0.25) is 10.0 Å². The number of hydrogen-bond acceptors (Lipinski definition) is 5. The zero-order chi connectivity index (χ0) is 18.7. The van der Waals surface area contributed by atoms with Gasteiger partial charge in [0, 0.05) is 11.2 Å². The van der Waals surface area contributed by atoms with Gasteiger partial charge in [-0.15, -0.1) is 0 Å². The number of rotatable bonds is 5. The molecule has 0 atom stereocenters. The van der Waals surface area contributed by atoms with E-state index < -0.39 is 0 Å². The van der Waals surface area contributed by atoms with E-state index in [1.165, 1.54) is 17.4 Å². The lowest BCUT2D eigenvalue weighted by Gasteiger charge is -2.09. The molecule has 2 aromatic heterocycles. The number of anilines is 3. The highest BCUT2D eigenvalue weighted by atomic mass is 35.5. The Balaban J connectivity index is 1.87. The summed E-state index contributed by atoms with van der Waals surface area (Å²) in [6.45, 7) is 5.33. The van der Waals surface area contributed by atoms with Crippen LogP contribution >= 0.6 is 34.5 Å². The van der Waals surface area contributed by atoms with Crippen LogP contribution in [0.1, 0.15) is 5.69 Å². The van der Waals surface area contributed by atoms with Crippen LogP contribution in [0.3, 0.4) is 0 Å². The number of nitrogens with zero attached hydrogens (tertiary/aromatic N) is 2. The molecule has 0 radical (unpaired) electrons. The van der Waals surface area contributed by atoms with E-state index in [0.717, 1.165) is 16.1 Å². The number of thiazole rings is 1. The Morgan fingerprint density at radius 3 is 2.81 bits per heavy atom. The quantitative estimate of drug-likeness (QED) is 0.536. The van der Waals surface area contributed by atoms with Crippen molar-refractivity contribution >= 4 is 57.1 Å². The van der Waals surface area contributed by atoms with E-state index in [2.05, 4.69) is 27.2 Å². The van der Waals surface area contributed by atoms with Crippen LogP contribution in [-0.2, 0) is 4.79 Å². The second-order valence-electron chi connectivity index (χ2n) is 5.31. The molecule has 5 nitrogen and oxygen atoms in total. The lowest BCUT2D eigenvalue weighted by Crippen LogP contribution is -2.06. The van der Waals surface area contributed by atoms with Gasteiger partial charge in [-0.2, -0.15) is 0 Å². The molecule has 0 unspecified atom stereocenters. The van der Waals surface area contributed by atoms with Gasteiger partial charge in [-0.3, -0.25) is 10.1 Å². The van der Waals surface area contributed by atoms with Gasteiger partial charge in [0.1, 0.15) is 5.82 Å². The minimum absolute atomic E-state index is 0.292. The van der Waals surface area contributed by atoms with Crippen molar-refractivity contribution in [1.82, 2.24) is 9.97 Å². The molecule has 1 aromatic carbocycles. The predicted octanol–water partition coefficient (Wildman–Crippen LogP) is 5.69. The zero-order valence-corrected chi connectivity index (χ0v) is 16.0. The molecule has 8 heteroatoms. The Hall–Kier alpha value is -2.41. The number of hydrogen-bond donors (Lipinski definition) is 2. The van der Waals surface area contributed by atoms with Crippen molar-refractivity contribution < 1.29 is 4.79 Å². The molecule has 1 amide bonds. The van der Waals surface area contributed by atoms with E-state index in [0.29, 0.717) is 26.7 Å². The average molecular weight is 405 g/mol. The monoisotopic (exact) mass is 404 g/mol. The topological polar surface area (TPSA) is 66.9 Å². The first-order valence-corrected chi connectivity index (χ1v) is 9.13. The molecule has 0 saturated carbocycles. The molecular formula is C18H14Cl2N4OS. The van der Waals surface area contributed by atoms with Crippen LogP contribution < -0.4 is 10.6 Å². The maximum atomic E-state index is 11.4. The number of carbonyl (C=O) groups is 1. The number of pyridine rings is 1. The molecule has 0 aliphatic rings. The predicted molar refractivity (Wildman–Crippen MR) is 109 cm³/mol. The third kappa shape index (κ3) is 4.22. The average Bonchev–Trinajstić information content (AvgIpc) is 2.98. The van der Waals surface area contributed by atoms with E-state index in [-0.39, 0.29) is 5.91 Å². The second kappa shape index (κ2) is 7.86. The van der Waals surface area contributed by atoms with Crippen molar-refractivity contribution in [1.29, 1.82) is 0 Å². The van der Waals surface area contributed by atoms with Crippen LogP contribution in [0.15, 0.2) is 49.2 Å². The number of aromatic nitrogens is 2. The summed E-state index contributed by atoms with van der Waals surface area (Å²) in [4.78, 5) is 21.1. The fourth-order valence-electron chi connectivity index (χ4n) is 2.24. The Labute approximate surface area is 164 Å². The summed E-state index contributed by atoms with van der Waals surface area (Å²) in [5.41, 5.74) is 2.46. The van der Waals surface area contributed by atoms with Crippen molar-refractivity contribution in [3.05, 3.63) is 64.9 Å². The fourth-order valence-corrected chi connectivity index (χ4v) is 3.66. The molecular weight excluding hydrogens is 391 g/mol. The number of nitrogens with one attached hydrogen (secondary N) is 2. The first-order valence-electron chi connectivity index (χ1n) is 7.55. The molecule has 0 saturated heterocycles.